The molecule has 1 saturated carbocycles. The largest absolute Gasteiger partial charge is 0.435 e. The highest BCUT2D eigenvalue weighted by molar-refractivity contribution is 5.73. The molecule has 1 unspecified atom stereocenters. The third-order valence-corrected chi connectivity index (χ3v) is 3.19. The Kier molecular flexibility index (Phi) is 5.32. The van der Waals surface area contributed by atoms with E-state index >= 15 is 0 Å². The second-order valence-corrected chi connectivity index (χ2v) is 5.00. The Hall–Kier alpha value is -1.89. The molecule has 1 aliphatic carbocycles. The summed E-state index contributed by atoms with van der Waals surface area (Å²) in [6.45, 7) is -2.18. The number of aliphatic hydroxyl groups is 1. The minimum Gasteiger partial charge on any atom is -0.435 e. The maximum Gasteiger partial charge on any atom is 0.387 e. The molecule has 0 aromatic heterocycles. The van der Waals surface area contributed by atoms with Gasteiger partial charge in [-0.1, -0.05) is 12.1 Å². The average molecular weight is 300 g/mol. The van der Waals surface area contributed by atoms with Crippen LogP contribution in [0.25, 0.3) is 0 Å². The Balaban J connectivity index is 1.73. The number of carbonyl (C=O) groups excluding carboxylic acids is 1. The van der Waals surface area contributed by atoms with E-state index in [9.17, 15) is 18.7 Å². The standard InChI is InChI=1S/C14H18F2N2O3/c15-13(16)21-11-5-3-10(4-6-11)12(19)8-18-14(20)17-7-9-1-2-9/h3-6,9,12-13,19H,1-2,7-8H2,(H2,17,18,20). The number of urea groups is 1. The first kappa shape index (κ1) is 15.5. The average Bonchev–Trinajstić information content (AvgIpc) is 3.27. The molecule has 2 amide bonds. The molecule has 0 heterocycles. The van der Waals surface area contributed by atoms with E-state index in [4.69, 9.17) is 0 Å². The van der Waals surface area contributed by atoms with Crippen LogP contribution in [0, 0.1) is 5.92 Å². The van der Waals surface area contributed by atoms with E-state index in [0.29, 0.717) is 18.0 Å². The molecule has 3 N–H and O–H groups in total. The monoisotopic (exact) mass is 300 g/mol. The van der Waals surface area contributed by atoms with Crippen molar-refractivity contribution in [3.8, 4) is 5.75 Å². The first-order chi connectivity index (χ1) is 10.0. The summed E-state index contributed by atoms with van der Waals surface area (Å²) in [7, 11) is 0. The highest BCUT2D eigenvalue weighted by Gasteiger charge is 2.21. The zero-order valence-corrected chi connectivity index (χ0v) is 11.4. The molecule has 0 bridgehead atoms. The van der Waals surface area contributed by atoms with E-state index in [1.165, 1.54) is 24.3 Å². The van der Waals surface area contributed by atoms with Crippen LogP contribution in [-0.2, 0) is 0 Å². The van der Waals surface area contributed by atoms with Gasteiger partial charge in [0.1, 0.15) is 5.75 Å². The van der Waals surface area contributed by atoms with E-state index in [2.05, 4.69) is 15.4 Å². The minimum atomic E-state index is -2.88. The van der Waals surface area contributed by atoms with Crippen LogP contribution in [0.1, 0.15) is 24.5 Å². The highest BCUT2D eigenvalue weighted by atomic mass is 19.3. The van der Waals surface area contributed by atoms with E-state index < -0.39 is 12.7 Å². The Bertz CT molecular complexity index is 464. The van der Waals surface area contributed by atoms with E-state index in [1.807, 2.05) is 0 Å². The fourth-order valence-corrected chi connectivity index (χ4v) is 1.80. The zero-order chi connectivity index (χ0) is 15.2. The summed E-state index contributed by atoms with van der Waals surface area (Å²) < 4.78 is 28.2. The second-order valence-electron chi connectivity index (χ2n) is 5.00. The molecule has 1 aromatic rings. The first-order valence-electron chi connectivity index (χ1n) is 6.79. The Morgan fingerprint density at radius 1 is 1.29 bits per heavy atom. The summed E-state index contributed by atoms with van der Waals surface area (Å²) in [6.07, 6.45) is 1.39. The predicted molar refractivity (Wildman–Crippen MR) is 72.2 cm³/mol. The lowest BCUT2D eigenvalue weighted by Gasteiger charge is -2.13. The molecular formula is C14H18F2N2O3. The smallest absolute Gasteiger partial charge is 0.387 e. The van der Waals surface area contributed by atoms with Crippen LogP contribution in [0.4, 0.5) is 13.6 Å². The summed E-state index contributed by atoms with van der Waals surface area (Å²) in [6, 6.07) is 5.33. The lowest BCUT2D eigenvalue weighted by molar-refractivity contribution is -0.0498. The molecule has 2 rings (SSSR count). The second kappa shape index (κ2) is 7.21. The zero-order valence-electron chi connectivity index (χ0n) is 11.4. The van der Waals surface area contributed by atoms with E-state index in [1.54, 1.807) is 0 Å². The van der Waals surface area contributed by atoms with Gasteiger partial charge in [-0.05, 0) is 36.5 Å². The number of halogens is 2. The van der Waals surface area contributed by atoms with Gasteiger partial charge in [0.25, 0.3) is 0 Å². The maximum absolute atomic E-state index is 12.0. The molecule has 0 spiro atoms. The van der Waals surface area contributed by atoms with Gasteiger partial charge in [0.05, 0.1) is 6.10 Å². The number of rotatable bonds is 7. The number of alkyl halides is 2. The topological polar surface area (TPSA) is 70.6 Å². The molecule has 21 heavy (non-hydrogen) atoms. The summed E-state index contributed by atoms with van der Waals surface area (Å²) in [5.74, 6) is 0.610. The van der Waals surface area contributed by atoms with Crippen molar-refractivity contribution < 1.29 is 23.4 Å². The van der Waals surface area contributed by atoms with Crippen molar-refractivity contribution in [3.05, 3.63) is 29.8 Å². The number of hydrogen-bond acceptors (Lipinski definition) is 3. The van der Waals surface area contributed by atoms with Crippen LogP contribution in [0.5, 0.6) is 5.75 Å². The van der Waals surface area contributed by atoms with Crippen LogP contribution in [0.2, 0.25) is 0 Å². The number of carbonyl (C=O) groups is 1. The molecule has 1 aromatic carbocycles. The van der Waals surface area contributed by atoms with Crippen molar-refractivity contribution in [2.75, 3.05) is 13.1 Å². The van der Waals surface area contributed by atoms with Crippen LogP contribution >= 0.6 is 0 Å². The van der Waals surface area contributed by atoms with Crippen LogP contribution in [0.15, 0.2) is 24.3 Å². The van der Waals surface area contributed by atoms with Crippen LogP contribution in [0.3, 0.4) is 0 Å². The Morgan fingerprint density at radius 3 is 2.52 bits per heavy atom. The number of aliphatic hydroxyl groups excluding tert-OH is 1. The van der Waals surface area contributed by atoms with Crippen molar-refractivity contribution in [2.24, 2.45) is 5.92 Å². The van der Waals surface area contributed by atoms with E-state index in [-0.39, 0.29) is 18.3 Å². The lowest BCUT2D eigenvalue weighted by atomic mass is 10.1. The van der Waals surface area contributed by atoms with Gasteiger partial charge >= 0.3 is 12.6 Å². The Labute approximate surface area is 121 Å². The third kappa shape index (κ3) is 5.55. The van der Waals surface area contributed by atoms with Gasteiger partial charge in [-0.15, -0.1) is 0 Å². The predicted octanol–water partition coefficient (Wildman–Crippen LogP) is 2.03. The van der Waals surface area contributed by atoms with Crippen molar-refractivity contribution in [1.82, 2.24) is 10.6 Å². The SMILES string of the molecule is O=C(NCC1CC1)NCC(O)c1ccc(OC(F)F)cc1. The van der Waals surface area contributed by atoms with Crippen molar-refractivity contribution in [1.29, 1.82) is 0 Å². The summed E-state index contributed by atoms with van der Waals surface area (Å²) in [5.41, 5.74) is 0.513. The van der Waals surface area contributed by atoms with Gasteiger partial charge in [-0.2, -0.15) is 8.78 Å². The van der Waals surface area contributed by atoms with Gasteiger partial charge in [-0.25, -0.2) is 4.79 Å². The molecule has 5 nitrogen and oxygen atoms in total. The fraction of sp³-hybridized carbons (Fsp3) is 0.500. The van der Waals surface area contributed by atoms with Gasteiger partial charge < -0.3 is 20.5 Å². The van der Waals surface area contributed by atoms with E-state index in [0.717, 1.165) is 12.8 Å². The van der Waals surface area contributed by atoms with Crippen LogP contribution < -0.4 is 15.4 Å². The minimum absolute atomic E-state index is 0.0242. The molecule has 1 aliphatic rings. The molecule has 7 heteroatoms. The number of benzene rings is 1. The first-order valence-corrected chi connectivity index (χ1v) is 6.79. The Morgan fingerprint density at radius 2 is 1.95 bits per heavy atom. The highest BCUT2D eigenvalue weighted by Crippen LogP contribution is 2.27. The van der Waals surface area contributed by atoms with Crippen molar-refractivity contribution in [3.63, 3.8) is 0 Å². The normalized spacial score (nSPS) is 15.6. The number of ether oxygens (including phenoxy) is 1. The van der Waals surface area contributed by atoms with Gasteiger partial charge in [0.15, 0.2) is 0 Å². The molecule has 1 fully saturated rings. The van der Waals surface area contributed by atoms with Gasteiger partial charge in [-0.3, -0.25) is 0 Å². The van der Waals surface area contributed by atoms with Crippen LogP contribution in [-0.4, -0.2) is 30.8 Å². The van der Waals surface area contributed by atoms with Crippen molar-refractivity contribution in [2.45, 2.75) is 25.6 Å². The molecule has 116 valence electrons. The summed E-state index contributed by atoms with van der Waals surface area (Å²) in [4.78, 5) is 11.4. The summed E-state index contributed by atoms with van der Waals surface area (Å²) in [5, 5.41) is 15.2. The van der Waals surface area contributed by atoms with Gasteiger partial charge in [0.2, 0.25) is 0 Å². The molecule has 0 aliphatic heterocycles. The van der Waals surface area contributed by atoms with Gasteiger partial charge in [0, 0.05) is 13.1 Å². The maximum atomic E-state index is 12.0. The number of nitrogens with one attached hydrogen (secondary N) is 2. The quantitative estimate of drug-likeness (QED) is 0.721. The lowest BCUT2D eigenvalue weighted by Crippen LogP contribution is -2.38. The molecule has 0 saturated heterocycles. The van der Waals surface area contributed by atoms with Crippen molar-refractivity contribution >= 4 is 6.03 Å². The molecule has 0 radical (unpaired) electrons. The third-order valence-electron chi connectivity index (χ3n) is 3.19. The number of amides is 2. The molecular weight excluding hydrogens is 282 g/mol. The number of hydrogen-bond donors (Lipinski definition) is 3. The summed E-state index contributed by atoms with van der Waals surface area (Å²) >= 11 is 0. The molecule has 1 atom stereocenters. The fourth-order valence-electron chi connectivity index (χ4n) is 1.80.